The number of hydrogen-bond donors (Lipinski definition) is 1. The Labute approximate surface area is 107 Å². The van der Waals surface area contributed by atoms with Gasteiger partial charge in [0, 0.05) is 5.41 Å². The first-order valence-electron chi connectivity index (χ1n) is 6.75. The molecule has 2 N–H and O–H groups in total. The molecular formula is C15H30N2. The van der Waals surface area contributed by atoms with Crippen molar-refractivity contribution in [2.75, 3.05) is 0 Å². The van der Waals surface area contributed by atoms with Crippen LogP contribution in [0.5, 0.6) is 0 Å². The van der Waals surface area contributed by atoms with E-state index in [1.165, 1.54) is 6.42 Å². The minimum atomic E-state index is -0.00820. The van der Waals surface area contributed by atoms with Crippen molar-refractivity contribution in [1.29, 1.82) is 0 Å². The molecule has 2 nitrogen and oxygen atoms in total. The highest BCUT2D eigenvalue weighted by atomic mass is 14.9. The van der Waals surface area contributed by atoms with Crippen LogP contribution in [0, 0.1) is 16.2 Å². The van der Waals surface area contributed by atoms with E-state index in [1.807, 2.05) is 0 Å². The Bertz CT molecular complexity index is 289. The largest absolute Gasteiger partial charge is 0.387 e. The van der Waals surface area contributed by atoms with Crippen LogP contribution in [0.4, 0.5) is 0 Å². The third kappa shape index (κ3) is 4.33. The lowest BCUT2D eigenvalue weighted by atomic mass is 9.63. The molecule has 0 aromatic carbocycles. The maximum absolute atomic E-state index is 6.11. The summed E-state index contributed by atoms with van der Waals surface area (Å²) >= 11 is 0. The normalized spacial score (nSPS) is 25.9. The summed E-state index contributed by atoms with van der Waals surface area (Å²) in [6.45, 7) is 15.8. The Balaban J connectivity index is 2.86. The molecule has 1 rings (SSSR count). The Morgan fingerprint density at radius 3 is 1.82 bits per heavy atom. The van der Waals surface area contributed by atoms with Crippen LogP contribution >= 0.6 is 0 Å². The molecule has 0 radical (unpaired) electrons. The van der Waals surface area contributed by atoms with Crippen LogP contribution < -0.4 is 5.73 Å². The van der Waals surface area contributed by atoms with E-state index in [2.05, 4.69) is 48.5 Å². The Morgan fingerprint density at radius 1 is 1.06 bits per heavy atom. The molecule has 0 spiro atoms. The van der Waals surface area contributed by atoms with E-state index in [1.54, 1.807) is 0 Å². The fourth-order valence-corrected chi connectivity index (χ4v) is 3.27. The monoisotopic (exact) mass is 238 g/mol. The fraction of sp³-hybridized carbons (Fsp3) is 0.933. The summed E-state index contributed by atoms with van der Waals surface area (Å²) in [6.07, 6.45) is 3.60. The first-order chi connectivity index (χ1) is 7.41. The first-order valence-corrected chi connectivity index (χ1v) is 6.75. The lowest BCUT2D eigenvalue weighted by molar-refractivity contribution is 0.0993. The fourth-order valence-electron chi connectivity index (χ4n) is 3.27. The molecular weight excluding hydrogens is 208 g/mol. The minimum Gasteiger partial charge on any atom is -0.387 e. The van der Waals surface area contributed by atoms with Crippen LogP contribution in [0.1, 0.15) is 67.7 Å². The summed E-state index contributed by atoms with van der Waals surface area (Å²) in [7, 11) is 0. The molecule has 2 heteroatoms. The molecule has 1 aliphatic carbocycles. The van der Waals surface area contributed by atoms with Gasteiger partial charge in [-0.2, -0.15) is 0 Å². The van der Waals surface area contributed by atoms with Crippen LogP contribution in [0.25, 0.3) is 0 Å². The second-order valence-electron chi connectivity index (χ2n) is 8.33. The summed E-state index contributed by atoms with van der Waals surface area (Å²) in [5.74, 6) is 0.802. The van der Waals surface area contributed by atoms with Crippen molar-refractivity contribution in [3.05, 3.63) is 0 Å². The molecule has 0 aromatic rings. The zero-order valence-corrected chi connectivity index (χ0v) is 12.7. The van der Waals surface area contributed by atoms with Gasteiger partial charge in [0.1, 0.15) is 0 Å². The number of rotatable bonds is 1. The number of nitrogens with zero attached hydrogens (tertiary/aromatic N) is 1. The van der Waals surface area contributed by atoms with Crippen LogP contribution in [0.2, 0.25) is 0 Å². The molecule has 0 aliphatic heterocycles. The van der Waals surface area contributed by atoms with Gasteiger partial charge < -0.3 is 5.73 Å². The summed E-state index contributed by atoms with van der Waals surface area (Å²) in [4.78, 5) is 4.79. The van der Waals surface area contributed by atoms with Crippen LogP contribution in [-0.2, 0) is 0 Å². The Morgan fingerprint density at radius 2 is 1.47 bits per heavy atom. The average Bonchev–Trinajstić information content (AvgIpc) is 1.94. The molecule has 0 heterocycles. The van der Waals surface area contributed by atoms with Crippen molar-refractivity contribution in [1.82, 2.24) is 0 Å². The highest BCUT2D eigenvalue weighted by Crippen LogP contribution is 2.46. The predicted octanol–water partition coefficient (Wildman–Crippen LogP) is 3.99. The molecule has 0 bridgehead atoms. The van der Waals surface area contributed by atoms with Gasteiger partial charge in [0.2, 0.25) is 0 Å². The lowest BCUT2D eigenvalue weighted by Crippen LogP contribution is -2.38. The van der Waals surface area contributed by atoms with Crippen molar-refractivity contribution < 1.29 is 0 Å². The van der Waals surface area contributed by atoms with Crippen LogP contribution in [-0.4, -0.2) is 11.9 Å². The topological polar surface area (TPSA) is 38.4 Å². The molecule has 0 amide bonds. The maximum atomic E-state index is 6.11. The van der Waals surface area contributed by atoms with E-state index in [0.29, 0.717) is 16.9 Å². The van der Waals surface area contributed by atoms with Crippen LogP contribution in [0.15, 0.2) is 4.99 Å². The van der Waals surface area contributed by atoms with E-state index in [0.717, 1.165) is 18.7 Å². The van der Waals surface area contributed by atoms with Gasteiger partial charge in [-0.3, -0.25) is 4.99 Å². The number of nitrogens with two attached hydrogens (primary N) is 1. The van der Waals surface area contributed by atoms with Gasteiger partial charge in [-0.1, -0.05) is 48.5 Å². The van der Waals surface area contributed by atoms with Gasteiger partial charge in [-0.25, -0.2) is 0 Å². The summed E-state index contributed by atoms with van der Waals surface area (Å²) in [5.41, 5.74) is 6.87. The molecule has 1 aliphatic rings. The highest BCUT2D eigenvalue weighted by molar-refractivity contribution is 5.85. The van der Waals surface area contributed by atoms with Gasteiger partial charge >= 0.3 is 0 Å². The smallest absolute Gasteiger partial charge is 0.0994 e. The molecule has 0 saturated heterocycles. The first kappa shape index (κ1) is 14.5. The van der Waals surface area contributed by atoms with Gasteiger partial charge in [-0.05, 0) is 30.1 Å². The third-order valence-corrected chi connectivity index (χ3v) is 3.62. The molecule has 0 unspecified atom stereocenters. The second kappa shape index (κ2) is 4.29. The molecule has 0 aromatic heterocycles. The SMILES string of the molecule is CC1(C)CC(N=C(N)C(C)(C)C)CC(C)(C)C1. The highest BCUT2D eigenvalue weighted by Gasteiger charge is 2.38. The summed E-state index contributed by atoms with van der Waals surface area (Å²) < 4.78 is 0. The molecule has 0 atom stereocenters. The van der Waals surface area contributed by atoms with Gasteiger partial charge in [0.25, 0.3) is 0 Å². The van der Waals surface area contributed by atoms with Crippen molar-refractivity contribution in [2.45, 2.75) is 73.8 Å². The van der Waals surface area contributed by atoms with E-state index in [4.69, 9.17) is 10.7 Å². The quantitative estimate of drug-likeness (QED) is 0.544. The lowest BCUT2D eigenvalue weighted by Gasteiger charge is -2.44. The van der Waals surface area contributed by atoms with E-state index in [-0.39, 0.29) is 5.41 Å². The summed E-state index contributed by atoms with van der Waals surface area (Å²) in [6, 6.07) is 0.396. The molecule has 1 saturated carbocycles. The summed E-state index contributed by atoms with van der Waals surface area (Å²) in [5, 5.41) is 0. The average molecular weight is 238 g/mol. The second-order valence-corrected chi connectivity index (χ2v) is 8.33. The molecule has 100 valence electrons. The molecule has 17 heavy (non-hydrogen) atoms. The van der Waals surface area contributed by atoms with Crippen molar-refractivity contribution in [2.24, 2.45) is 27.0 Å². The van der Waals surface area contributed by atoms with Crippen molar-refractivity contribution in [3.63, 3.8) is 0 Å². The maximum Gasteiger partial charge on any atom is 0.0994 e. The van der Waals surface area contributed by atoms with E-state index in [9.17, 15) is 0 Å². The Hall–Kier alpha value is -0.530. The standard InChI is InChI=1S/C15H30N2/c1-13(2,3)12(16)17-11-8-14(4,5)10-15(6,7)9-11/h11H,8-10H2,1-7H3,(H2,16,17). The zero-order valence-electron chi connectivity index (χ0n) is 12.7. The number of amidine groups is 1. The van der Waals surface area contributed by atoms with Gasteiger partial charge in [0.05, 0.1) is 11.9 Å². The third-order valence-electron chi connectivity index (χ3n) is 3.62. The van der Waals surface area contributed by atoms with Crippen molar-refractivity contribution >= 4 is 5.84 Å². The predicted molar refractivity (Wildman–Crippen MR) is 76.3 cm³/mol. The van der Waals surface area contributed by atoms with Gasteiger partial charge in [-0.15, -0.1) is 0 Å². The zero-order chi connectivity index (χ0) is 13.5. The number of hydrogen-bond acceptors (Lipinski definition) is 1. The number of aliphatic imine (C=N–C) groups is 1. The molecule has 1 fully saturated rings. The Kier molecular flexibility index (Phi) is 3.67. The van der Waals surface area contributed by atoms with E-state index >= 15 is 0 Å². The van der Waals surface area contributed by atoms with Crippen molar-refractivity contribution in [3.8, 4) is 0 Å². The van der Waals surface area contributed by atoms with Gasteiger partial charge in [0.15, 0.2) is 0 Å². The van der Waals surface area contributed by atoms with E-state index < -0.39 is 0 Å². The van der Waals surface area contributed by atoms with Crippen LogP contribution in [0.3, 0.4) is 0 Å². The minimum absolute atomic E-state index is 0.00820.